The number of benzene rings is 1. The maximum absolute atomic E-state index is 6.04. The Hall–Kier alpha value is -0.610. The van der Waals surface area contributed by atoms with Gasteiger partial charge in [0.2, 0.25) is 0 Å². The number of epoxide rings is 1. The zero-order valence-corrected chi connectivity index (χ0v) is 14.0. The van der Waals surface area contributed by atoms with Crippen LogP contribution in [-0.2, 0) is 20.6 Å². The molecule has 2 spiro atoms. The second-order valence-corrected chi connectivity index (χ2v) is 7.94. The van der Waals surface area contributed by atoms with Gasteiger partial charge in [-0.25, -0.2) is 0 Å². The van der Waals surface area contributed by atoms with Gasteiger partial charge in [-0.1, -0.05) is 23.7 Å². The molecular weight excluding hydrogens is 300 g/mol. The molecule has 2 heterocycles. The van der Waals surface area contributed by atoms with Gasteiger partial charge in [0, 0.05) is 10.4 Å². The molecule has 1 aromatic carbocycles. The van der Waals surface area contributed by atoms with E-state index in [1.807, 2.05) is 26.0 Å². The van der Waals surface area contributed by atoms with E-state index in [0.29, 0.717) is 5.92 Å². The molecule has 3 aliphatic rings. The Morgan fingerprint density at radius 1 is 1.05 bits per heavy atom. The largest absolute Gasteiger partial charge is 0.368 e. The van der Waals surface area contributed by atoms with E-state index in [-0.39, 0.29) is 11.0 Å². The van der Waals surface area contributed by atoms with Gasteiger partial charge < -0.3 is 14.2 Å². The zero-order chi connectivity index (χ0) is 15.4. The van der Waals surface area contributed by atoms with E-state index in [1.165, 1.54) is 12.0 Å². The lowest BCUT2D eigenvalue weighted by Gasteiger charge is -2.44. The van der Waals surface area contributed by atoms with Crippen LogP contribution in [0.4, 0.5) is 0 Å². The van der Waals surface area contributed by atoms with Crippen molar-refractivity contribution in [2.75, 3.05) is 19.8 Å². The molecular formula is C18H23ClO3. The fourth-order valence-electron chi connectivity index (χ4n) is 4.22. The van der Waals surface area contributed by atoms with Crippen molar-refractivity contribution >= 4 is 11.6 Å². The molecule has 3 nitrogen and oxygen atoms in total. The molecule has 0 bridgehead atoms. The molecule has 0 radical (unpaired) electrons. The van der Waals surface area contributed by atoms with Gasteiger partial charge in [0.15, 0.2) is 5.79 Å². The van der Waals surface area contributed by atoms with Crippen molar-refractivity contribution in [3.05, 3.63) is 34.9 Å². The van der Waals surface area contributed by atoms with Crippen LogP contribution in [0.5, 0.6) is 0 Å². The van der Waals surface area contributed by atoms with E-state index in [1.54, 1.807) is 0 Å². The van der Waals surface area contributed by atoms with Gasteiger partial charge in [-0.3, -0.25) is 0 Å². The highest BCUT2D eigenvalue weighted by Crippen LogP contribution is 2.61. The summed E-state index contributed by atoms with van der Waals surface area (Å²) in [5, 5.41) is 0.792. The van der Waals surface area contributed by atoms with Crippen LogP contribution in [0.3, 0.4) is 0 Å². The normalized spacial score (nSPS) is 35.1. The summed E-state index contributed by atoms with van der Waals surface area (Å²) in [6, 6.07) is 8.19. The van der Waals surface area contributed by atoms with Crippen molar-refractivity contribution in [2.24, 2.45) is 11.3 Å². The highest BCUT2D eigenvalue weighted by Gasteiger charge is 2.70. The lowest BCUT2D eigenvalue weighted by atomic mass is 9.74. The predicted octanol–water partition coefficient (Wildman–Crippen LogP) is 3.83. The molecule has 1 aromatic rings. The Labute approximate surface area is 136 Å². The van der Waals surface area contributed by atoms with Crippen molar-refractivity contribution in [3.8, 4) is 0 Å². The zero-order valence-electron chi connectivity index (χ0n) is 13.2. The van der Waals surface area contributed by atoms with E-state index in [4.69, 9.17) is 25.8 Å². The Kier molecular flexibility index (Phi) is 3.36. The summed E-state index contributed by atoms with van der Waals surface area (Å²) in [5.74, 6) is 0.0809. The van der Waals surface area contributed by atoms with Crippen LogP contribution in [0.15, 0.2) is 24.3 Å². The molecule has 2 aliphatic heterocycles. The molecule has 2 atom stereocenters. The molecule has 4 heteroatoms. The van der Waals surface area contributed by atoms with Crippen LogP contribution in [0.1, 0.15) is 32.3 Å². The third kappa shape index (κ3) is 2.30. The maximum Gasteiger partial charge on any atom is 0.162 e. The second kappa shape index (κ2) is 4.94. The van der Waals surface area contributed by atoms with Crippen molar-refractivity contribution in [1.29, 1.82) is 0 Å². The number of hydrogen-bond donors (Lipinski definition) is 0. The average molecular weight is 323 g/mol. The lowest BCUT2D eigenvalue weighted by Crippen LogP contribution is -2.53. The van der Waals surface area contributed by atoms with Gasteiger partial charge in [-0.2, -0.15) is 0 Å². The minimum Gasteiger partial charge on any atom is -0.368 e. The molecule has 2 saturated heterocycles. The number of rotatable bonds is 2. The second-order valence-electron chi connectivity index (χ2n) is 7.50. The van der Waals surface area contributed by atoms with E-state index >= 15 is 0 Å². The van der Waals surface area contributed by atoms with Gasteiger partial charge >= 0.3 is 0 Å². The number of fused-ring (bicyclic) bond motifs is 1. The van der Waals surface area contributed by atoms with Crippen molar-refractivity contribution in [2.45, 2.75) is 44.5 Å². The van der Waals surface area contributed by atoms with E-state index in [2.05, 4.69) is 12.1 Å². The van der Waals surface area contributed by atoms with Crippen LogP contribution in [-0.4, -0.2) is 31.2 Å². The van der Waals surface area contributed by atoms with Crippen LogP contribution in [0, 0.1) is 11.3 Å². The molecule has 1 saturated carbocycles. The third-order valence-electron chi connectivity index (χ3n) is 5.77. The van der Waals surface area contributed by atoms with Gasteiger partial charge in [0.05, 0.1) is 19.8 Å². The molecule has 1 aliphatic carbocycles. The fourth-order valence-corrected chi connectivity index (χ4v) is 4.34. The molecule has 0 amide bonds. The monoisotopic (exact) mass is 322 g/mol. The first-order valence-electron chi connectivity index (χ1n) is 8.11. The molecule has 4 rings (SSSR count). The Morgan fingerprint density at radius 3 is 2.27 bits per heavy atom. The van der Waals surface area contributed by atoms with E-state index in [0.717, 1.165) is 37.7 Å². The lowest BCUT2D eigenvalue weighted by molar-refractivity contribution is -0.293. The van der Waals surface area contributed by atoms with Crippen LogP contribution >= 0.6 is 11.6 Å². The average Bonchev–Trinajstić information content (AvgIpc) is 3.23. The minimum absolute atomic E-state index is 0.0386. The molecule has 3 fully saturated rings. The Bertz CT molecular complexity index is 552. The Morgan fingerprint density at radius 2 is 1.68 bits per heavy atom. The molecule has 0 N–H and O–H groups in total. The van der Waals surface area contributed by atoms with Crippen LogP contribution < -0.4 is 0 Å². The summed E-state index contributed by atoms with van der Waals surface area (Å²) in [6.45, 7) is 6.31. The van der Waals surface area contributed by atoms with Gasteiger partial charge in [-0.15, -0.1) is 0 Å². The summed E-state index contributed by atoms with van der Waals surface area (Å²) < 4.78 is 18.0. The van der Waals surface area contributed by atoms with Crippen LogP contribution in [0.25, 0.3) is 0 Å². The molecule has 120 valence electrons. The summed E-state index contributed by atoms with van der Waals surface area (Å²) in [6.07, 6.45) is 3.35. The highest BCUT2D eigenvalue weighted by atomic mass is 35.5. The third-order valence-corrected chi connectivity index (χ3v) is 6.02. The first kappa shape index (κ1) is 14.9. The fraction of sp³-hybridized carbons (Fsp3) is 0.667. The quantitative estimate of drug-likeness (QED) is 0.775. The van der Waals surface area contributed by atoms with Crippen molar-refractivity contribution in [3.63, 3.8) is 0 Å². The number of halogens is 1. The molecule has 2 unspecified atom stereocenters. The number of hydrogen-bond acceptors (Lipinski definition) is 3. The summed E-state index contributed by atoms with van der Waals surface area (Å²) >= 11 is 5.98. The topological polar surface area (TPSA) is 31.0 Å². The van der Waals surface area contributed by atoms with Gasteiger partial charge in [-0.05, 0) is 56.7 Å². The molecule has 22 heavy (non-hydrogen) atoms. The van der Waals surface area contributed by atoms with E-state index in [9.17, 15) is 0 Å². The maximum atomic E-state index is 6.04. The van der Waals surface area contributed by atoms with Crippen LogP contribution in [0.2, 0.25) is 5.02 Å². The smallest absolute Gasteiger partial charge is 0.162 e. The van der Waals surface area contributed by atoms with Gasteiger partial charge in [0.25, 0.3) is 0 Å². The van der Waals surface area contributed by atoms with Crippen molar-refractivity contribution in [1.82, 2.24) is 0 Å². The first-order valence-corrected chi connectivity index (χ1v) is 8.49. The minimum atomic E-state index is -0.463. The predicted molar refractivity (Wildman–Crippen MR) is 85.0 cm³/mol. The number of ether oxygens (including phenoxy) is 3. The van der Waals surface area contributed by atoms with Crippen molar-refractivity contribution < 1.29 is 14.2 Å². The first-order chi connectivity index (χ1) is 10.4. The van der Waals surface area contributed by atoms with Gasteiger partial charge in [0.1, 0.15) is 5.60 Å². The SMILES string of the molecule is CC1(C)OCC2(CCC(Cc3ccc(Cl)cc3)C23CO3)CO1. The standard InChI is InChI=1S/C18H23ClO3/c1-16(2)20-10-17(11-21-16)8-7-14(18(17)12-22-18)9-13-3-5-15(19)6-4-13/h3-6,14H,7-12H2,1-2H3. The summed E-state index contributed by atoms with van der Waals surface area (Å²) in [7, 11) is 0. The summed E-state index contributed by atoms with van der Waals surface area (Å²) in [4.78, 5) is 0. The highest BCUT2D eigenvalue weighted by molar-refractivity contribution is 6.30. The molecule has 0 aromatic heterocycles. The summed E-state index contributed by atoms with van der Waals surface area (Å²) in [5.41, 5.74) is 1.34. The Balaban J connectivity index is 1.52. The van der Waals surface area contributed by atoms with E-state index < -0.39 is 5.79 Å².